The number of nitrogen functional groups attached to an aromatic ring is 1. The first-order valence-corrected chi connectivity index (χ1v) is 7.15. The van der Waals surface area contributed by atoms with Crippen molar-refractivity contribution in [2.45, 2.75) is 32.7 Å². The number of carbonyl (C=O) groups is 1. The van der Waals surface area contributed by atoms with Gasteiger partial charge in [0.25, 0.3) is 5.91 Å². The number of amides is 1. The summed E-state index contributed by atoms with van der Waals surface area (Å²) in [6.07, 6.45) is 0. The van der Waals surface area contributed by atoms with Crippen LogP contribution >= 0.6 is 23.7 Å². The van der Waals surface area contributed by atoms with Crippen LogP contribution in [-0.4, -0.2) is 16.1 Å². The zero-order valence-corrected chi connectivity index (χ0v) is 13.8. The Balaban J connectivity index is 0.00000220. The van der Waals surface area contributed by atoms with Gasteiger partial charge < -0.3 is 11.1 Å². The Labute approximate surface area is 134 Å². The highest BCUT2D eigenvalue weighted by atomic mass is 35.5. The van der Waals surface area contributed by atoms with E-state index in [0.717, 1.165) is 10.0 Å². The van der Waals surface area contributed by atoms with Crippen molar-refractivity contribution in [3.8, 4) is 0 Å². The Kier molecular flexibility index (Phi) is 5.69. The summed E-state index contributed by atoms with van der Waals surface area (Å²) in [6.45, 7) is 6.61. The number of para-hydroxylation sites is 1. The van der Waals surface area contributed by atoms with Gasteiger partial charge in [0.15, 0.2) is 0 Å². The first-order chi connectivity index (χ1) is 9.38. The van der Waals surface area contributed by atoms with Crippen LogP contribution in [0, 0.1) is 0 Å². The molecule has 1 aromatic heterocycles. The molecule has 0 aliphatic heterocycles. The summed E-state index contributed by atoms with van der Waals surface area (Å²) in [5, 5.41) is 12.8. The van der Waals surface area contributed by atoms with Gasteiger partial charge in [-0.05, 0) is 12.1 Å². The summed E-state index contributed by atoms with van der Waals surface area (Å²) >= 11 is 1.51. The van der Waals surface area contributed by atoms with E-state index in [4.69, 9.17) is 5.73 Å². The highest BCUT2D eigenvalue weighted by molar-refractivity contribution is 7.11. The summed E-state index contributed by atoms with van der Waals surface area (Å²) in [4.78, 5) is 12.0. The zero-order chi connectivity index (χ0) is 14.8. The van der Waals surface area contributed by atoms with Gasteiger partial charge in [0.2, 0.25) is 0 Å². The van der Waals surface area contributed by atoms with Crippen molar-refractivity contribution in [1.29, 1.82) is 0 Å². The largest absolute Gasteiger partial charge is 0.398 e. The Morgan fingerprint density at radius 2 is 1.95 bits per heavy atom. The number of anilines is 1. The van der Waals surface area contributed by atoms with Crippen LogP contribution in [0.15, 0.2) is 24.3 Å². The Morgan fingerprint density at radius 1 is 1.29 bits per heavy atom. The van der Waals surface area contributed by atoms with Crippen molar-refractivity contribution < 1.29 is 4.79 Å². The molecule has 0 atom stereocenters. The molecule has 21 heavy (non-hydrogen) atoms. The van der Waals surface area contributed by atoms with Crippen molar-refractivity contribution in [3.05, 3.63) is 39.8 Å². The highest BCUT2D eigenvalue weighted by Gasteiger charge is 2.19. The molecule has 1 amide bonds. The van der Waals surface area contributed by atoms with Crippen LogP contribution < -0.4 is 11.1 Å². The van der Waals surface area contributed by atoms with Gasteiger partial charge in [-0.15, -0.1) is 22.6 Å². The molecule has 0 saturated heterocycles. The average molecular weight is 327 g/mol. The van der Waals surface area contributed by atoms with E-state index in [0.29, 0.717) is 17.8 Å². The molecule has 0 fully saturated rings. The van der Waals surface area contributed by atoms with Crippen LogP contribution in [0.25, 0.3) is 0 Å². The number of hydrogen-bond acceptors (Lipinski definition) is 5. The average Bonchev–Trinajstić information content (AvgIpc) is 2.85. The third kappa shape index (κ3) is 4.41. The minimum atomic E-state index is -0.199. The topological polar surface area (TPSA) is 80.9 Å². The number of nitrogens with one attached hydrogen (secondary N) is 1. The quantitative estimate of drug-likeness (QED) is 0.850. The summed E-state index contributed by atoms with van der Waals surface area (Å²) in [7, 11) is 0. The van der Waals surface area contributed by atoms with E-state index in [-0.39, 0.29) is 23.7 Å². The lowest BCUT2D eigenvalue weighted by Gasteiger charge is -2.12. The minimum Gasteiger partial charge on any atom is -0.398 e. The van der Waals surface area contributed by atoms with Gasteiger partial charge >= 0.3 is 0 Å². The molecule has 0 bridgehead atoms. The predicted molar refractivity (Wildman–Crippen MR) is 87.9 cm³/mol. The molecule has 0 unspecified atom stereocenters. The molecule has 3 N–H and O–H groups in total. The lowest BCUT2D eigenvalue weighted by molar-refractivity contribution is 0.0951. The first kappa shape index (κ1) is 17.4. The maximum absolute atomic E-state index is 12.0. The van der Waals surface area contributed by atoms with Gasteiger partial charge in [-0.25, -0.2) is 0 Å². The molecular formula is C14H19ClN4OS. The fourth-order valence-corrected chi connectivity index (χ4v) is 2.42. The second kappa shape index (κ2) is 6.87. The zero-order valence-electron chi connectivity index (χ0n) is 12.2. The summed E-state index contributed by atoms with van der Waals surface area (Å²) in [5.41, 5.74) is 6.69. The fourth-order valence-electron chi connectivity index (χ4n) is 1.58. The number of benzene rings is 1. The van der Waals surface area contributed by atoms with Crippen LogP contribution in [0.3, 0.4) is 0 Å². The van der Waals surface area contributed by atoms with Crippen LogP contribution in [0.2, 0.25) is 0 Å². The second-order valence-electron chi connectivity index (χ2n) is 5.52. The molecule has 0 aliphatic rings. The molecular weight excluding hydrogens is 308 g/mol. The Bertz CT molecular complexity index is 621. The van der Waals surface area contributed by atoms with Gasteiger partial charge in [-0.2, -0.15) is 0 Å². The van der Waals surface area contributed by atoms with E-state index < -0.39 is 0 Å². The molecule has 0 radical (unpaired) electrons. The number of aromatic nitrogens is 2. The van der Waals surface area contributed by atoms with Crippen molar-refractivity contribution in [2.75, 3.05) is 5.73 Å². The van der Waals surface area contributed by atoms with E-state index >= 15 is 0 Å². The lowest BCUT2D eigenvalue weighted by Crippen LogP contribution is -2.23. The number of hydrogen-bond donors (Lipinski definition) is 2. The van der Waals surface area contributed by atoms with Crippen LogP contribution in [0.1, 0.15) is 41.1 Å². The highest BCUT2D eigenvalue weighted by Crippen LogP contribution is 2.25. The molecule has 1 heterocycles. The molecule has 0 spiro atoms. The molecule has 2 aromatic rings. The minimum absolute atomic E-state index is 0. The van der Waals surface area contributed by atoms with Gasteiger partial charge in [-0.3, -0.25) is 4.79 Å². The SMILES string of the molecule is CC(C)(C)c1nnc(CNC(=O)c2ccccc2N)s1.Cl. The van der Waals surface area contributed by atoms with Gasteiger partial charge in [0, 0.05) is 11.1 Å². The molecule has 7 heteroatoms. The third-order valence-corrected chi connectivity index (χ3v) is 4.06. The molecule has 1 aromatic carbocycles. The van der Waals surface area contributed by atoms with Gasteiger partial charge in [-0.1, -0.05) is 44.2 Å². The van der Waals surface area contributed by atoms with Crippen molar-refractivity contribution >= 4 is 35.3 Å². The number of carbonyl (C=O) groups excluding carboxylic acids is 1. The maximum Gasteiger partial charge on any atom is 0.253 e. The van der Waals surface area contributed by atoms with E-state index in [1.54, 1.807) is 24.3 Å². The summed E-state index contributed by atoms with van der Waals surface area (Å²) < 4.78 is 0. The van der Waals surface area contributed by atoms with E-state index in [9.17, 15) is 4.79 Å². The molecule has 0 aliphatic carbocycles. The van der Waals surface area contributed by atoms with E-state index in [1.165, 1.54) is 11.3 Å². The Hall–Kier alpha value is -1.66. The van der Waals surface area contributed by atoms with Crippen LogP contribution in [-0.2, 0) is 12.0 Å². The van der Waals surface area contributed by atoms with E-state index in [2.05, 4.69) is 36.3 Å². The molecule has 5 nitrogen and oxygen atoms in total. The molecule has 0 saturated carbocycles. The number of nitrogens with zero attached hydrogens (tertiary/aromatic N) is 2. The number of halogens is 1. The Morgan fingerprint density at radius 3 is 2.52 bits per heavy atom. The monoisotopic (exact) mass is 326 g/mol. The van der Waals surface area contributed by atoms with Crippen LogP contribution in [0.5, 0.6) is 0 Å². The van der Waals surface area contributed by atoms with Crippen LogP contribution in [0.4, 0.5) is 5.69 Å². The first-order valence-electron chi connectivity index (χ1n) is 6.33. The summed E-state index contributed by atoms with van der Waals surface area (Å²) in [6, 6.07) is 6.99. The molecule has 114 valence electrons. The smallest absolute Gasteiger partial charge is 0.253 e. The fraction of sp³-hybridized carbons (Fsp3) is 0.357. The normalized spacial score (nSPS) is 10.8. The summed E-state index contributed by atoms with van der Waals surface area (Å²) in [5.74, 6) is -0.199. The second-order valence-corrected chi connectivity index (χ2v) is 6.58. The number of nitrogens with two attached hydrogens (primary N) is 1. The number of rotatable bonds is 3. The predicted octanol–water partition coefficient (Wildman–Crippen LogP) is 2.77. The standard InChI is InChI=1S/C14H18N4OS.ClH/c1-14(2,3)13-18-17-11(20-13)8-16-12(19)9-6-4-5-7-10(9)15;/h4-7H,8,15H2,1-3H3,(H,16,19);1H. The van der Waals surface area contributed by atoms with Crippen molar-refractivity contribution in [3.63, 3.8) is 0 Å². The van der Waals surface area contributed by atoms with Crippen molar-refractivity contribution in [2.24, 2.45) is 0 Å². The van der Waals surface area contributed by atoms with Gasteiger partial charge in [0.05, 0.1) is 12.1 Å². The van der Waals surface area contributed by atoms with E-state index in [1.807, 2.05) is 0 Å². The van der Waals surface area contributed by atoms with Gasteiger partial charge in [0.1, 0.15) is 10.0 Å². The maximum atomic E-state index is 12.0. The third-order valence-electron chi connectivity index (χ3n) is 2.71. The molecule has 2 rings (SSSR count). The lowest BCUT2D eigenvalue weighted by atomic mass is 9.98. The van der Waals surface area contributed by atoms with Crippen molar-refractivity contribution in [1.82, 2.24) is 15.5 Å².